The van der Waals surface area contributed by atoms with Crippen molar-refractivity contribution in [2.45, 2.75) is 33.1 Å². The van der Waals surface area contributed by atoms with Gasteiger partial charge >= 0.3 is 0 Å². The van der Waals surface area contributed by atoms with Gasteiger partial charge in [0.05, 0.1) is 12.8 Å². The summed E-state index contributed by atoms with van der Waals surface area (Å²) in [5.74, 6) is 0.297. The fraction of sp³-hybridized carbons (Fsp3) is 0.455. The Balaban J connectivity index is 1.56. The molecular weight excluding hydrogens is 338 g/mol. The summed E-state index contributed by atoms with van der Waals surface area (Å²) >= 11 is 0. The van der Waals surface area contributed by atoms with Crippen molar-refractivity contribution in [3.05, 3.63) is 58.9 Å². The molecule has 1 aromatic carbocycles. The number of carbonyl (C=O) groups excluding carboxylic acids is 2. The minimum Gasteiger partial charge on any atom is -0.352 e. The molecule has 0 aliphatic carbocycles. The monoisotopic (exact) mass is 367 g/mol. The highest BCUT2D eigenvalue weighted by atomic mass is 16.2. The first kappa shape index (κ1) is 19.2. The molecule has 2 heterocycles. The Morgan fingerprint density at radius 3 is 2.04 bits per heavy atom. The van der Waals surface area contributed by atoms with Crippen molar-refractivity contribution in [2.24, 2.45) is 7.05 Å². The first-order valence-corrected chi connectivity index (χ1v) is 9.67. The van der Waals surface area contributed by atoms with Crippen molar-refractivity contribution in [1.29, 1.82) is 0 Å². The molecule has 5 heteroatoms. The number of nitrogens with zero attached hydrogens (tertiary/aromatic N) is 3. The summed E-state index contributed by atoms with van der Waals surface area (Å²) < 4.78 is 2.12. The van der Waals surface area contributed by atoms with Crippen molar-refractivity contribution in [3.8, 4) is 0 Å². The highest BCUT2D eigenvalue weighted by Gasteiger charge is 2.23. The van der Waals surface area contributed by atoms with Gasteiger partial charge in [0.2, 0.25) is 11.8 Å². The molecule has 0 bridgehead atoms. The molecule has 1 saturated heterocycles. The number of rotatable bonds is 4. The first-order chi connectivity index (χ1) is 13.0. The Hall–Kier alpha value is -2.56. The highest BCUT2D eigenvalue weighted by Crippen LogP contribution is 2.16. The van der Waals surface area contributed by atoms with Crippen LogP contribution in [0.3, 0.4) is 0 Å². The average Bonchev–Trinajstić information content (AvgIpc) is 2.86. The summed E-state index contributed by atoms with van der Waals surface area (Å²) in [5.41, 5.74) is 4.45. The van der Waals surface area contributed by atoms with Gasteiger partial charge < -0.3 is 14.4 Å². The summed E-state index contributed by atoms with van der Waals surface area (Å²) in [6.45, 7) is 6.79. The quantitative estimate of drug-likeness (QED) is 0.833. The molecule has 27 heavy (non-hydrogen) atoms. The van der Waals surface area contributed by atoms with Crippen LogP contribution in [0.4, 0.5) is 0 Å². The summed E-state index contributed by atoms with van der Waals surface area (Å²) in [6, 6.07) is 11.9. The number of benzene rings is 1. The van der Waals surface area contributed by atoms with Gasteiger partial charge in [0.1, 0.15) is 0 Å². The third-order valence-corrected chi connectivity index (χ3v) is 5.62. The van der Waals surface area contributed by atoms with E-state index in [2.05, 4.69) is 24.5 Å². The van der Waals surface area contributed by atoms with Crippen molar-refractivity contribution in [2.75, 3.05) is 26.2 Å². The van der Waals surface area contributed by atoms with Crippen LogP contribution in [0.15, 0.2) is 36.4 Å². The van der Waals surface area contributed by atoms with E-state index in [1.54, 1.807) is 0 Å². The van der Waals surface area contributed by atoms with E-state index in [0.717, 1.165) is 36.3 Å². The normalized spacial score (nSPS) is 14.9. The second-order valence-corrected chi connectivity index (χ2v) is 7.41. The van der Waals surface area contributed by atoms with Gasteiger partial charge in [-0.05, 0) is 37.5 Å². The molecule has 0 saturated carbocycles. The highest BCUT2D eigenvalue weighted by molar-refractivity contribution is 5.80. The van der Waals surface area contributed by atoms with Crippen LogP contribution in [-0.2, 0) is 29.5 Å². The summed E-state index contributed by atoms with van der Waals surface area (Å²) in [6.07, 6.45) is 1.70. The van der Waals surface area contributed by atoms with E-state index in [1.807, 2.05) is 47.2 Å². The van der Waals surface area contributed by atoms with Gasteiger partial charge in [0, 0.05) is 44.6 Å². The molecule has 2 aromatic rings. The van der Waals surface area contributed by atoms with Gasteiger partial charge in [-0.25, -0.2) is 0 Å². The van der Waals surface area contributed by atoms with Gasteiger partial charge in [-0.1, -0.05) is 30.3 Å². The van der Waals surface area contributed by atoms with Gasteiger partial charge in [-0.2, -0.15) is 0 Å². The number of hydrogen-bond donors (Lipinski definition) is 0. The van der Waals surface area contributed by atoms with Gasteiger partial charge in [0.15, 0.2) is 0 Å². The lowest BCUT2D eigenvalue weighted by molar-refractivity contribution is -0.132. The standard InChI is InChI=1S/C22H29N3O2/c1-17-14-20(18(2)23(17)3)16-22(27)25-11-7-10-24(12-13-25)21(26)15-19-8-5-4-6-9-19/h4-6,8-9,14H,7,10-13,15-16H2,1-3H3. The molecular formula is C22H29N3O2. The zero-order valence-electron chi connectivity index (χ0n) is 16.6. The van der Waals surface area contributed by atoms with Crippen LogP contribution < -0.4 is 0 Å². The van der Waals surface area contributed by atoms with E-state index in [4.69, 9.17) is 0 Å². The summed E-state index contributed by atoms with van der Waals surface area (Å²) in [7, 11) is 2.03. The Bertz CT molecular complexity index is 810. The predicted octanol–water partition coefficient (Wildman–Crippen LogP) is 2.49. The van der Waals surface area contributed by atoms with Gasteiger partial charge in [-0.15, -0.1) is 0 Å². The molecule has 144 valence electrons. The maximum absolute atomic E-state index is 12.8. The molecule has 1 aliphatic rings. The zero-order chi connectivity index (χ0) is 19.4. The van der Waals surface area contributed by atoms with E-state index in [9.17, 15) is 9.59 Å². The fourth-order valence-electron chi connectivity index (χ4n) is 3.69. The molecule has 0 N–H and O–H groups in total. The topological polar surface area (TPSA) is 45.6 Å². The van der Waals surface area contributed by atoms with Gasteiger partial charge in [-0.3, -0.25) is 9.59 Å². The number of hydrogen-bond acceptors (Lipinski definition) is 2. The third-order valence-electron chi connectivity index (χ3n) is 5.62. The maximum Gasteiger partial charge on any atom is 0.227 e. The van der Waals surface area contributed by atoms with Crippen LogP contribution >= 0.6 is 0 Å². The lowest BCUT2D eigenvalue weighted by atomic mass is 10.1. The van der Waals surface area contributed by atoms with Crippen molar-refractivity contribution in [1.82, 2.24) is 14.4 Å². The predicted molar refractivity (Wildman–Crippen MR) is 107 cm³/mol. The Labute approximate surface area is 161 Å². The minimum absolute atomic E-state index is 0.144. The second kappa shape index (κ2) is 8.42. The molecule has 1 fully saturated rings. The lowest BCUT2D eigenvalue weighted by Gasteiger charge is -2.22. The average molecular weight is 367 g/mol. The van der Waals surface area contributed by atoms with Crippen LogP contribution in [0.25, 0.3) is 0 Å². The number of aromatic nitrogens is 1. The third kappa shape index (κ3) is 4.59. The minimum atomic E-state index is 0.144. The van der Waals surface area contributed by atoms with Crippen molar-refractivity contribution in [3.63, 3.8) is 0 Å². The number of carbonyl (C=O) groups is 2. The molecule has 0 atom stereocenters. The molecule has 0 radical (unpaired) electrons. The van der Waals surface area contributed by atoms with Crippen LogP contribution in [-0.4, -0.2) is 52.4 Å². The zero-order valence-corrected chi connectivity index (χ0v) is 16.6. The first-order valence-electron chi connectivity index (χ1n) is 9.67. The number of aryl methyl sites for hydroxylation is 1. The van der Waals surface area contributed by atoms with Crippen molar-refractivity contribution >= 4 is 11.8 Å². The van der Waals surface area contributed by atoms with E-state index >= 15 is 0 Å². The van der Waals surface area contributed by atoms with E-state index in [-0.39, 0.29) is 11.8 Å². The summed E-state index contributed by atoms with van der Waals surface area (Å²) in [5, 5.41) is 0. The maximum atomic E-state index is 12.8. The van der Waals surface area contributed by atoms with E-state index < -0.39 is 0 Å². The Kier molecular flexibility index (Phi) is 5.99. The molecule has 2 amide bonds. The molecule has 3 rings (SSSR count). The van der Waals surface area contributed by atoms with Crippen molar-refractivity contribution < 1.29 is 9.59 Å². The molecule has 0 unspecified atom stereocenters. The fourth-order valence-corrected chi connectivity index (χ4v) is 3.69. The number of amides is 2. The smallest absolute Gasteiger partial charge is 0.227 e. The molecule has 0 spiro atoms. The van der Waals surface area contributed by atoms with Crippen LogP contribution in [0.1, 0.15) is 28.9 Å². The van der Waals surface area contributed by atoms with E-state index in [0.29, 0.717) is 25.9 Å². The van der Waals surface area contributed by atoms with Crippen LogP contribution in [0.2, 0.25) is 0 Å². The Morgan fingerprint density at radius 2 is 1.48 bits per heavy atom. The summed E-state index contributed by atoms with van der Waals surface area (Å²) in [4.78, 5) is 29.2. The lowest BCUT2D eigenvalue weighted by Crippen LogP contribution is -2.38. The molecule has 1 aliphatic heterocycles. The van der Waals surface area contributed by atoms with Crippen LogP contribution in [0.5, 0.6) is 0 Å². The largest absolute Gasteiger partial charge is 0.352 e. The Morgan fingerprint density at radius 1 is 0.889 bits per heavy atom. The molecule has 1 aromatic heterocycles. The van der Waals surface area contributed by atoms with E-state index in [1.165, 1.54) is 5.69 Å². The molecule has 5 nitrogen and oxygen atoms in total. The SMILES string of the molecule is Cc1cc(CC(=O)N2CCCN(C(=O)Cc3ccccc3)CC2)c(C)n1C. The van der Waals surface area contributed by atoms with Crippen LogP contribution in [0, 0.1) is 13.8 Å². The second-order valence-electron chi connectivity index (χ2n) is 7.41. The van der Waals surface area contributed by atoms with Gasteiger partial charge in [0.25, 0.3) is 0 Å².